The topological polar surface area (TPSA) is 29.3 Å². The molecular weight excluding hydrogens is 296 g/mol. The molecule has 4 heteroatoms. The van der Waals surface area contributed by atoms with Crippen molar-refractivity contribution in [2.24, 2.45) is 0 Å². The number of aromatic nitrogens is 1. The van der Waals surface area contributed by atoms with E-state index in [0.717, 1.165) is 35.0 Å². The Morgan fingerprint density at radius 1 is 1.05 bits per heavy atom. The van der Waals surface area contributed by atoms with E-state index in [1.165, 1.54) is 5.56 Å². The quantitative estimate of drug-likeness (QED) is 0.688. The van der Waals surface area contributed by atoms with Crippen LogP contribution in [0.5, 0.6) is 0 Å². The zero-order valence-corrected chi connectivity index (χ0v) is 13.1. The third kappa shape index (κ3) is 3.75. The maximum atomic E-state index is 5.94. The first-order valence-corrected chi connectivity index (χ1v) is 7.49. The molecule has 0 saturated carbocycles. The van der Waals surface area contributed by atoms with Crippen LogP contribution in [-0.4, -0.2) is 16.9 Å². The minimum atomic E-state index is 0.742. The molecule has 3 rings (SSSR count). The summed E-state index contributed by atoms with van der Waals surface area (Å²) >= 11 is 5.94. The summed E-state index contributed by atoms with van der Waals surface area (Å²) in [5, 5.41) is 0.742. The van der Waals surface area contributed by atoms with Crippen molar-refractivity contribution in [2.75, 3.05) is 7.05 Å². The van der Waals surface area contributed by atoms with Crippen molar-refractivity contribution in [1.82, 2.24) is 9.88 Å². The molecule has 0 spiro atoms. The molecule has 0 fully saturated rings. The Labute approximate surface area is 135 Å². The number of halogens is 1. The van der Waals surface area contributed by atoms with Gasteiger partial charge in [-0.05, 0) is 48.5 Å². The molecule has 0 aliphatic rings. The number of hydrogen-bond acceptors (Lipinski definition) is 3. The molecule has 0 radical (unpaired) electrons. The monoisotopic (exact) mass is 312 g/mol. The highest BCUT2D eigenvalue weighted by atomic mass is 35.5. The van der Waals surface area contributed by atoms with Crippen LogP contribution in [0.3, 0.4) is 0 Å². The molecule has 3 aromatic rings. The van der Waals surface area contributed by atoms with Crippen molar-refractivity contribution in [2.45, 2.75) is 13.1 Å². The average Bonchev–Trinajstić information content (AvgIpc) is 3.01. The predicted molar refractivity (Wildman–Crippen MR) is 88.6 cm³/mol. The van der Waals surface area contributed by atoms with Crippen LogP contribution in [0.25, 0.3) is 11.1 Å². The minimum Gasteiger partial charge on any atom is -0.468 e. The number of rotatable bonds is 5. The predicted octanol–water partition coefficient (Wildman–Crippen LogP) is 4.63. The Hall–Kier alpha value is -2.10. The van der Waals surface area contributed by atoms with Gasteiger partial charge in [-0.3, -0.25) is 9.88 Å². The fourth-order valence-electron chi connectivity index (χ4n) is 2.41. The standard InChI is InChI=1S/C18H17ClN2O/c1-21(13-18-3-2-8-22-18)12-14-9-16(11-20-10-14)15-4-6-17(19)7-5-15/h2-11H,12-13H2,1H3. The molecule has 2 aromatic heterocycles. The Morgan fingerprint density at radius 3 is 2.59 bits per heavy atom. The zero-order chi connectivity index (χ0) is 15.4. The lowest BCUT2D eigenvalue weighted by Gasteiger charge is -2.15. The van der Waals surface area contributed by atoms with E-state index in [2.05, 4.69) is 23.0 Å². The first-order chi connectivity index (χ1) is 10.7. The van der Waals surface area contributed by atoms with Gasteiger partial charge >= 0.3 is 0 Å². The molecule has 0 aliphatic carbocycles. The van der Waals surface area contributed by atoms with Gasteiger partial charge in [-0.1, -0.05) is 23.7 Å². The van der Waals surface area contributed by atoms with Gasteiger partial charge in [0.25, 0.3) is 0 Å². The largest absolute Gasteiger partial charge is 0.468 e. The molecule has 0 bridgehead atoms. The molecule has 22 heavy (non-hydrogen) atoms. The molecule has 0 atom stereocenters. The van der Waals surface area contributed by atoms with Crippen molar-refractivity contribution < 1.29 is 4.42 Å². The van der Waals surface area contributed by atoms with Crippen molar-refractivity contribution in [3.63, 3.8) is 0 Å². The molecule has 1 aromatic carbocycles. The van der Waals surface area contributed by atoms with Crippen molar-refractivity contribution in [3.8, 4) is 11.1 Å². The fourth-order valence-corrected chi connectivity index (χ4v) is 2.54. The summed E-state index contributed by atoms with van der Waals surface area (Å²) in [5.41, 5.74) is 3.38. The molecule has 0 amide bonds. The number of furan rings is 1. The van der Waals surface area contributed by atoms with Crippen molar-refractivity contribution in [3.05, 3.63) is 77.5 Å². The summed E-state index contributed by atoms with van der Waals surface area (Å²) in [6.07, 6.45) is 5.48. The molecule has 2 heterocycles. The van der Waals surface area contributed by atoms with E-state index in [1.54, 1.807) is 6.26 Å². The number of hydrogen-bond donors (Lipinski definition) is 0. The van der Waals surface area contributed by atoms with Crippen LogP contribution in [0.4, 0.5) is 0 Å². The SMILES string of the molecule is CN(Cc1cncc(-c2ccc(Cl)cc2)c1)Cc1ccco1. The molecule has 0 saturated heterocycles. The summed E-state index contributed by atoms with van der Waals surface area (Å²) in [4.78, 5) is 6.55. The van der Waals surface area contributed by atoms with E-state index in [1.807, 2.05) is 48.8 Å². The second-order valence-corrected chi connectivity index (χ2v) is 5.78. The van der Waals surface area contributed by atoms with Crippen LogP contribution in [-0.2, 0) is 13.1 Å². The molecule has 0 aliphatic heterocycles. The fraction of sp³-hybridized carbons (Fsp3) is 0.167. The zero-order valence-electron chi connectivity index (χ0n) is 12.4. The molecule has 112 valence electrons. The molecule has 0 N–H and O–H groups in total. The van der Waals surface area contributed by atoms with Gasteiger partial charge in [-0.15, -0.1) is 0 Å². The van der Waals surface area contributed by atoms with E-state index in [4.69, 9.17) is 16.0 Å². The van der Waals surface area contributed by atoms with E-state index in [9.17, 15) is 0 Å². The van der Waals surface area contributed by atoms with Gasteiger partial charge in [-0.25, -0.2) is 0 Å². The molecule has 3 nitrogen and oxygen atoms in total. The lowest BCUT2D eigenvalue weighted by Crippen LogP contribution is -2.16. The maximum Gasteiger partial charge on any atom is 0.117 e. The first kappa shape index (κ1) is 14.8. The number of pyridine rings is 1. The lowest BCUT2D eigenvalue weighted by molar-refractivity contribution is 0.287. The molecular formula is C18H17ClN2O. The average molecular weight is 313 g/mol. The molecule has 0 unspecified atom stereocenters. The summed E-state index contributed by atoms with van der Waals surface area (Å²) in [7, 11) is 2.07. The Morgan fingerprint density at radius 2 is 1.86 bits per heavy atom. The Balaban J connectivity index is 1.72. The second kappa shape index (κ2) is 6.77. The van der Waals surface area contributed by atoms with Crippen LogP contribution in [0.15, 0.2) is 65.5 Å². The lowest BCUT2D eigenvalue weighted by atomic mass is 10.1. The number of benzene rings is 1. The van der Waals surface area contributed by atoms with E-state index in [-0.39, 0.29) is 0 Å². The Bertz CT molecular complexity index is 723. The van der Waals surface area contributed by atoms with Crippen LogP contribution < -0.4 is 0 Å². The summed E-state index contributed by atoms with van der Waals surface area (Å²) < 4.78 is 5.38. The Kier molecular flexibility index (Phi) is 4.56. The van der Waals surface area contributed by atoms with Crippen molar-refractivity contribution >= 4 is 11.6 Å². The van der Waals surface area contributed by atoms with Crippen LogP contribution in [0, 0.1) is 0 Å². The van der Waals surface area contributed by atoms with Gasteiger partial charge in [-0.2, -0.15) is 0 Å². The summed E-state index contributed by atoms with van der Waals surface area (Å²) in [5.74, 6) is 0.962. The number of nitrogens with zero attached hydrogens (tertiary/aromatic N) is 2. The van der Waals surface area contributed by atoms with Gasteiger partial charge in [0.15, 0.2) is 0 Å². The van der Waals surface area contributed by atoms with E-state index < -0.39 is 0 Å². The van der Waals surface area contributed by atoms with Gasteiger partial charge in [0.2, 0.25) is 0 Å². The normalized spacial score (nSPS) is 11.0. The van der Waals surface area contributed by atoms with Crippen LogP contribution in [0.2, 0.25) is 5.02 Å². The van der Waals surface area contributed by atoms with Crippen molar-refractivity contribution in [1.29, 1.82) is 0 Å². The highest BCUT2D eigenvalue weighted by Crippen LogP contribution is 2.22. The third-order valence-electron chi connectivity index (χ3n) is 3.43. The highest BCUT2D eigenvalue weighted by molar-refractivity contribution is 6.30. The smallest absolute Gasteiger partial charge is 0.117 e. The maximum absolute atomic E-state index is 5.94. The minimum absolute atomic E-state index is 0.742. The van der Waals surface area contributed by atoms with Crippen LogP contribution >= 0.6 is 11.6 Å². The van der Waals surface area contributed by atoms with E-state index in [0.29, 0.717) is 0 Å². The first-order valence-electron chi connectivity index (χ1n) is 7.11. The van der Waals surface area contributed by atoms with Crippen LogP contribution in [0.1, 0.15) is 11.3 Å². The summed E-state index contributed by atoms with van der Waals surface area (Å²) in [6, 6.07) is 13.9. The summed E-state index contributed by atoms with van der Waals surface area (Å²) in [6.45, 7) is 1.59. The van der Waals surface area contributed by atoms with Gasteiger partial charge in [0.05, 0.1) is 12.8 Å². The van der Waals surface area contributed by atoms with Gasteiger partial charge in [0, 0.05) is 29.5 Å². The third-order valence-corrected chi connectivity index (χ3v) is 3.68. The van der Waals surface area contributed by atoms with Gasteiger partial charge in [0.1, 0.15) is 5.76 Å². The van der Waals surface area contributed by atoms with E-state index >= 15 is 0 Å². The second-order valence-electron chi connectivity index (χ2n) is 5.34. The highest BCUT2D eigenvalue weighted by Gasteiger charge is 2.06. The van der Waals surface area contributed by atoms with Gasteiger partial charge < -0.3 is 4.42 Å².